The van der Waals surface area contributed by atoms with E-state index in [2.05, 4.69) is 10.2 Å². The molecule has 0 saturated heterocycles. The number of benzene rings is 2. The van der Waals surface area contributed by atoms with Crippen molar-refractivity contribution in [2.24, 2.45) is 0 Å². The number of fused-ring (bicyclic) bond motifs is 1. The first-order valence-corrected chi connectivity index (χ1v) is 8.41. The lowest BCUT2D eigenvalue weighted by Crippen LogP contribution is -2.32. The van der Waals surface area contributed by atoms with Gasteiger partial charge in [0.25, 0.3) is 0 Å². The topological polar surface area (TPSA) is 52.6 Å². The van der Waals surface area contributed by atoms with Crippen molar-refractivity contribution in [3.8, 4) is 0 Å². The fourth-order valence-corrected chi connectivity index (χ4v) is 3.78. The molecule has 1 atom stereocenters. The van der Waals surface area contributed by atoms with Gasteiger partial charge in [0.1, 0.15) is 6.61 Å². The van der Waals surface area contributed by atoms with Crippen LogP contribution in [0.2, 0.25) is 10.0 Å². The molecule has 1 heterocycles. The van der Waals surface area contributed by atoms with Gasteiger partial charge in [-0.05, 0) is 41.9 Å². The number of para-hydroxylation sites is 1. The van der Waals surface area contributed by atoms with Crippen LogP contribution in [0.3, 0.4) is 0 Å². The molecule has 2 aromatic carbocycles. The molecule has 6 heteroatoms. The van der Waals surface area contributed by atoms with Crippen molar-refractivity contribution in [2.75, 3.05) is 25.5 Å². The first-order valence-electron chi connectivity index (χ1n) is 7.65. The quantitative estimate of drug-likeness (QED) is 0.876. The van der Waals surface area contributed by atoms with Gasteiger partial charge < -0.3 is 15.3 Å². The van der Waals surface area contributed by atoms with E-state index in [9.17, 15) is 4.79 Å². The number of nitrogens with one attached hydrogen (secondary N) is 1. The lowest BCUT2D eigenvalue weighted by Gasteiger charge is -2.34. The van der Waals surface area contributed by atoms with E-state index in [1.54, 1.807) is 6.07 Å². The Morgan fingerprint density at radius 1 is 1.29 bits per heavy atom. The van der Waals surface area contributed by atoms with E-state index in [1.807, 2.05) is 37.4 Å². The Hall–Kier alpha value is -1.59. The Morgan fingerprint density at radius 2 is 2.04 bits per heavy atom. The molecule has 0 fully saturated rings. The maximum Gasteiger partial charge on any atom is 0.250 e. The summed E-state index contributed by atoms with van der Waals surface area (Å²) in [5, 5.41) is 13.0. The highest BCUT2D eigenvalue weighted by molar-refractivity contribution is 6.35. The Kier molecular flexibility index (Phi) is 5.11. The first-order chi connectivity index (χ1) is 11.5. The zero-order valence-electron chi connectivity index (χ0n) is 13.2. The number of aliphatic hydroxyl groups is 1. The van der Waals surface area contributed by atoms with Crippen molar-refractivity contribution in [1.29, 1.82) is 0 Å². The molecule has 0 aliphatic carbocycles. The number of aliphatic hydroxyl groups excluding tert-OH is 1. The largest absolute Gasteiger partial charge is 0.387 e. The van der Waals surface area contributed by atoms with E-state index in [4.69, 9.17) is 28.3 Å². The van der Waals surface area contributed by atoms with Crippen LogP contribution < -0.4 is 5.32 Å². The molecule has 0 radical (unpaired) electrons. The number of hydrogen-bond acceptors (Lipinski definition) is 3. The molecule has 4 nitrogen and oxygen atoms in total. The van der Waals surface area contributed by atoms with E-state index >= 15 is 0 Å². The Balaban J connectivity index is 2.10. The normalized spacial score (nSPS) is 17.4. The first kappa shape index (κ1) is 17.2. The average molecular weight is 365 g/mol. The SMILES string of the molecule is CN1Cc2c(Cl)cc(Cl)cc2C(c2ccccc2NC(=O)CO)C1. The van der Waals surface area contributed by atoms with Gasteiger partial charge in [0.2, 0.25) is 5.91 Å². The molecule has 0 bridgehead atoms. The number of rotatable bonds is 3. The molecule has 0 spiro atoms. The van der Waals surface area contributed by atoms with Crippen LogP contribution in [0.15, 0.2) is 36.4 Å². The molecule has 1 aliphatic rings. The second-order valence-electron chi connectivity index (χ2n) is 6.00. The monoisotopic (exact) mass is 364 g/mol. The number of likely N-dealkylation sites (N-methyl/N-ethyl adjacent to an activating group) is 1. The third-order valence-corrected chi connectivity index (χ3v) is 4.80. The zero-order chi connectivity index (χ0) is 17.3. The zero-order valence-corrected chi connectivity index (χ0v) is 14.7. The van der Waals surface area contributed by atoms with Crippen LogP contribution in [0, 0.1) is 0 Å². The molecule has 126 valence electrons. The third-order valence-electron chi connectivity index (χ3n) is 4.25. The van der Waals surface area contributed by atoms with Crippen molar-refractivity contribution in [2.45, 2.75) is 12.5 Å². The van der Waals surface area contributed by atoms with Gasteiger partial charge in [0.15, 0.2) is 0 Å². The van der Waals surface area contributed by atoms with Crippen molar-refractivity contribution >= 4 is 34.8 Å². The van der Waals surface area contributed by atoms with E-state index in [-0.39, 0.29) is 5.92 Å². The second-order valence-corrected chi connectivity index (χ2v) is 6.84. The van der Waals surface area contributed by atoms with Gasteiger partial charge in [-0.25, -0.2) is 0 Å². The molecular weight excluding hydrogens is 347 g/mol. The predicted octanol–water partition coefficient (Wildman–Crippen LogP) is 3.50. The van der Waals surface area contributed by atoms with Crippen molar-refractivity contribution in [1.82, 2.24) is 4.90 Å². The summed E-state index contributed by atoms with van der Waals surface area (Å²) in [7, 11) is 2.04. The second kappa shape index (κ2) is 7.11. The average Bonchev–Trinajstić information content (AvgIpc) is 2.55. The summed E-state index contributed by atoms with van der Waals surface area (Å²) in [6.45, 7) is 0.996. The molecule has 1 unspecified atom stereocenters. The summed E-state index contributed by atoms with van der Waals surface area (Å²) in [5.41, 5.74) is 3.81. The number of hydrogen-bond donors (Lipinski definition) is 2. The fraction of sp³-hybridized carbons (Fsp3) is 0.278. The minimum atomic E-state index is -0.548. The number of carbonyl (C=O) groups is 1. The standard InChI is InChI=1S/C18H18Cl2N2O2/c1-22-8-14(13-6-11(19)7-16(20)15(13)9-22)12-4-2-3-5-17(12)21-18(24)10-23/h2-7,14,23H,8-10H2,1H3,(H,21,24). The van der Waals surface area contributed by atoms with Crippen LogP contribution in [-0.2, 0) is 11.3 Å². The number of carbonyl (C=O) groups excluding carboxylic acids is 1. The summed E-state index contributed by atoms with van der Waals surface area (Å²) in [6, 6.07) is 11.3. The fourth-order valence-electron chi connectivity index (χ4n) is 3.22. The minimum Gasteiger partial charge on any atom is -0.387 e. The summed E-state index contributed by atoms with van der Waals surface area (Å²) < 4.78 is 0. The molecule has 1 aliphatic heterocycles. The van der Waals surface area contributed by atoms with Gasteiger partial charge in [-0.1, -0.05) is 41.4 Å². The van der Waals surface area contributed by atoms with Crippen molar-refractivity contribution in [3.05, 3.63) is 63.1 Å². The minimum absolute atomic E-state index is 0.0325. The Labute approximate surface area is 151 Å². The molecule has 24 heavy (non-hydrogen) atoms. The summed E-state index contributed by atoms with van der Waals surface area (Å²) >= 11 is 12.6. The summed E-state index contributed by atoms with van der Waals surface area (Å²) in [4.78, 5) is 13.8. The highest BCUT2D eigenvalue weighted by Gasteiger charge is 2.28. The summed E-state index contributed by atoms with van der Waals surface area (Å²) in [6.07, 6.45) is 0. The molecule has 3 rings (SSSR count). The van der Waals surface area contributed by atoms with E-state index in [1.165, 1.54) is 0 Å². The molecule has 2 N–H and O–H groups in total. The van der Waals surface area contributed by atoms with Gasteiger partial charge in [-0.2, -0.15) is 0 Å². The van der Waals surface area contributed by atoms with Crippen LogP contribution in [0.5, 0.6) is 0 Å². The molecule has 0 saturated carbocycles. The maximum absolute atomic E-state index is 11.6. The molecular formula is C18H18Cl2N2O2. The Bertz CT molecular complexity index is 780. The number of nitrogens with zero attached hydrogens (tertiary/aromatic N) is 1. The molecule has 0 aromatic heterocycles. The molecule has 2 aromatic rings. The molecule has 1 amide bonds. The highest BCUT2D eigenvalue weighted by Crippen LogP contribution is 2.40. The van der Waals surface area contributed by atoms with E-state index in [0.717, 1.165) is 29.8 Å². The van der Waals surface area contributed by atoms with Gasteiger partial charge in [-0.15, -0.1) is 0 Å². The van der Waals surface area contributed by atoms with Crippen LogP contribution in [0.25, 0.3) is 0 Å². The smallest absolute Gasteiger partial charge is 0.250 e. The van der Waals surface area contributed by atoms with Crippen LogP contribution in [-0.4, -0.2) is 36.1 Å². The lowest BCUT2D eigenvalue weighted by molar-refractivity contribution is -0.118. The van der Waals surface area contributed by atoms with Crippen LogP contribution >= 0.6 is 23.2 Å². The number of amides is 1. The maximum atomic E-state index is 11.6. The van der Waals surface area contributed by atoms with E-state index in [0.29, 0.717) is 15.7 Å². The van der Waals surface area contributed by atoms with Gasteiger partial charge >= 0.3 is 0 Å². The number of anilines is 1. The van der Waals surface area contributed by atoms with Crippen LogP contribution in [0.4, 0.5) is 5.69 Å². The van der Waals surface area contributed by atoms with E-state index < -0.39 is 12.5 Å². The predicted molar refractivity (Wildman–Crippen MR) is 96.8 cm³/mol. The van der Waals surface area contributed by atoms with Gasteiger partial charge in [0, 0.05) is 34.7 Å². The third kappa shape index (κ3) is 3.42. The lowest BCUT2D eigenvalue weighted by atomic mass is 9.84. The van der Waals surface area contributed by atoms with Crippen LogP contribution in [0.1, 0.15) is 22.6 Å². The van der Waals surface area contributed by atoms with Gasteiger partial charge in [-0.3, -0.25) is 4.79 Å². The van der Waals surface area contributed by atoms with Crippen molar-refractivity contribution < 1.29 is 9.90 Å². The highest BCUT2D eigenvalue weighted by atomic mass is 35.5. The summed E-state index contributed by atoms with van der Waals surface area (Å²) in [5.74, 6) is -0.402. The van der Waals surface area contributed by atoms with Crippen molar-refractivity contribution in [3.63, 3.8) is 0 Å². The number of halogens is 2. The van der Waals surface area contributed by atoms with Gasteiger partial charge in [0.05, 0.1) is 0 Å². The Morgan fingerprint density at radius 3 is 2.79 bits per heavy atom.